The van der Waals surface area contributed by atoms with Gasteiger partial charge in [0.15, 0.2) is 24.7 Å². The molecule has 1 aliphatic rings. The van der Waals surface area contributed by atoms with E-state index in [9.17, 15) is 4.79 Å². The van der Waals surface area contributed by atoms with Gasteiger partial charge >= 0.3 is 0 Å². The molecule has 0 atom stereocenters. The van der Waals surface area contributed by atoms with E-state index in [2.05, 4.69) is 0 Å². The lowest BCUT2D eigenvalue weighted by atomic mass is 10.3. The molecule has 12 heavy (non-hydrogen) atoms. The fraction of sp³-hybridized carbons (Fsp3) is 0.222. The van der Waals surface area contributed by atoms with Crippen LogP contribution in [0.25, 0.3) is 0 Å². The molecular formula is C9H8O3. The van der Waals surface area contributed by atoms with E-state index in [0.717, 1.165) is 0 Å². The van der Waals surface area contributed by atoms with E-state index in [0.29, 0.717) is 11.5 Å². The lowest BCUT2D eigenvalue weighted by Gasteiger charge is -2.03. The second-order valence-corrected chi connectivity index (χ2v) is 2.56. The third kappa shape index (κ3) is 1.25. The third-order valence-electron chi connectivity index (χ3n) is 1.63. The van der Waals surface area contributed by atoms with Crippen LogP contribution in [-0.4, -0.2) is 19.0 Å². The number of rotatable bonds is 0. The van der Waals surface area contributed by atoms with Gasteiger partial charge in [-0.1, -0.05) is 12.1 Å². The number of Topliss-reactive ketones (excluding diaryl/α,β-unsaturated/α-hetero) is 1. The molecule has 0 amide bonds. The number of carbonyl (C=O) groups excluding carboxylic acids is 1. The number of para-hydroxylation sites is 2. The van der Waals surface area contributed by atoms with Gasteiger partial charge in [0, 0.05) is 0 Å². The summed E-state index contributed by atoms with van der Waals surface area (Å²) in [6, 6.07) is 7.26. The summed E-state index contributed by atoms with van der Waals surface area (Å²) in [5.74, 6) is 1.25. The van der Waals surface area contributed by atoms with Crippen LogP contribution in [0.3, 0.4) is 0 Å². The van der Waals surface area contributed by atoms with Gasteiger partial charge in [-0.3, -0.25) is 4.79 Å². The second-order valence-electron chi connectivity index (χ2n) is 2.56. The maximum atomic E-state index is 10.9. The van der Waals surface area contributed by atoms with Gasteiger partial charge in [0.25, 0.3) is 0 Å². The van der Waals surface area contributed by atoms with Crippen LogP contribution in [0.5, 0.6) is 11.5 Å². The molecule has 0 saturated heterocycles. The van der Waals surface area contributed by atoms with Gasteiger partial charge in [0.1, 0.15) is 0 Å². The highest BCUT2D eigenvalue weighted by atomic mass is 16.5. The summed E-state index contributed by atoms with van der Waals surface area (Å²) >= 11 is 0. The molecule has 3 nitrogen and oxygen atoms in total. The Bertz CT molecular complexity index is 277. The molecule has 1 heterocycles. The molecular weight excluding hydrogens is 156 g/mol. The third-order valence-corrected chi connectivity index (χ3v) is 1.63. The zero-order valence-electron chi connectivity index (χ0n) is 6.45. The summed E-state index contributed by atoms with van der Waals surface area (Å²) in [6.45, 7) is 0.216. The van der Waals surface area contributed by atoms with Crippen LogP contribution in [0.1, 0.15) is 0 Å². The average Bonchev–Trinajstić information content (AvgIpc) is 2.29. The van der Waals surface area contributed by atoms with E-state index in [1.54, 1.807) is 12.1 Å². The molecule has 0 spiro atoms. The Morgan fingerprint density at radius 1 is 1.00 bits per heavy atom. The first-order chi connectivity index (χ1) is 5.86. The van der Waals surface area contributed by atoms with Gasteiger partial charge in [-0.15, -0.1) is 0 Å². The minimum Gasteiger partial charge on any atom is -0.482 e. The number of carbonyl (C=O) groups is 1. The van der Waals surface area contributed by atoms with Crippen molar-refractivity contribution in [2.45, 2.75) is 0 Å². The Morgan fingerprint density at radius 3 is 2.00 bits per heavy atom. The zero-order chi connectivity index (χ0) is 8.39. The smallest absolute Gasteiger partial charge is 0.207 e. The number of benzene rings is 1. The van der Waals surface area contributed by atoms with Crippen molar-refractivity contribution in [3.63, 3.8) is 0 Å². The first-order valence-electron chi connectivity index (χ1n) is 3.72. The van der Waals surface area contributed by atoms with Crippen LogP contribution in [0.2, 0.25) is 0 Å². The van der Waals surface area contributed by atoms with Gasteiger partial charge < -0.3 is 9.47 Å². The van der Waals surface area contributed by atoms with Gasteiger partial charge in [-0.25, -0.2) is 0 Å². The van der Waals surface area contributed by atoms with Crippen LogP contribution in [0.15, 0.2) is 24.3 Å². The molecule has 0 saturated carbocycles. The van der Waals surface area contributed by atoms with Crippen molar-refractivity contribution < 1.29 is 14.3 Å². The van der Waals surface area contributed by atoms with Crippen molar-refractivity contribution in [2.24, 2.45) is 0 Å². The van der Waals surface area contributed by atoms with Crippen molar-refractivity contribution in [2.75, 3.05) is 13.2 Å². The van der Waals surface area contributed by atoms with Crippen LogP contribution in [0.4, 0.5) is 0 Å². The fourth-order valence-electron chi connectivity index (χ4n) is 1.05. The van der Waals surface area contributed by atoms with Gasteiger partial charge in [0.05, 0.1) is 0 Å². The van der Waals surface area contributed by atoms with Crippen molar-refractivity contribution in [3.8, 4) is 11.5 Å². The van der Waals surface area contributed by atoms with Gasteiger partial charge in [0.2, 0.25) is 5.78 Å². The predicted molar refractivity (Wildman–Crippen MR) is 42.4 cm³/mol. The van der Waals surface area contributed by atoms with Crippen LogP contribution in [0, 0.1) is 0 Å². The fourth-order valence-corrected chi connectivity index (χ4v) is 1.05. The van der Waals surface area contributed by atoms with E-state index in [4.69, 9.17) is 9.47 Å². The molecule has 0 bridgehead atoms. The van der Waals surface area contributed by atoms with Crippen molar-refractivity contribution in [1.82, 2.24) is 0 Å². The molecule has 0 radical (unpaired) electrons. The van der Waals surface area contributed by atoms with E-state index in [1.807, 2.05) is 12.1 Å². The lowest BCUT2D eigenvalue weighted by Crippen LogP contribution is -2.15. The molecule has 0 fully saturated rings. The maximum absolute atomic E-state index is 10.9. The monoisotopic (exact) mass is 164 g/mol. The summed E-state index contributed by atoms with van der Waals surface area (Å²) in [5.41, 5.74) is 0. The van der Waals surface area contributed by atoms with E-state index in [1.165, 1.54) is 0 Å². The lowest BCUT2D eigenvalue weighted by molar-refractivity contribution is -0.122. The Morgan fingerprint density at radius 2 is 1.50 bits per heavy atom. The second kappa shape index (κ2) is 2.85. The molecule has 3 heteroatoms. The SMILES string of the molecule is O=C1COc2ccccc2OC1. The van der Waals surface area contributed by atoms with Crippen LogP contribution in [-0.2, 0) is 4.79 Å². The highest BCUT2D eigenvalue weighted by Gasteiger charge is 2.13. The number of hydrogen-bond donors (Lipinski definition) is 0. The van der Waals surface area contributed by atoms with Crippen LogP contribution >= 0.6 is 0 Å². The predicted octanol–water partition coefficient (Wildman–Crippen LogP) is 1.03. The normalized spacial score (nSPS) is 15.5. The molecule has 0 aromatic heterocycles. The van der Waals surface area contributed by atoms with E-state index >= 15 is 0 Å². The Hall–Kier alpha value is -1.51. The standard InChI is InChI=1S/C9H8O3/c10-7-5-11-8-3-1-2-4-9(8)12-6-7/h1-4H,5-6H2. The van der Waals surface area contributed by atoms with Crippen molar-refractivity contribution >= 4 is 5.78 Å². The summed E-state index contributed by atoms with van der Waals surface area (Å²) in [6.07, 6.45) is 0. The molecule has 2 rings (SSSR count). The number of ketones is 1. The van der Waals surface area contributed by atoms with E-state index in [-0.39, 0.29) is 19.0 Å². The molecule has 0 aliphatic carbocycles. The zero-order valence-corrected chi connectivity index (χ0v) is 6.45. The van der Waals surface area contributed by atoms with Gasteiger partial charge in [-0.2, -0.15) is 0 Å². The molecule has 0 N–H and O–H groups in total. The molecule has 1 aromatic rings. The van der Waals surface area contributed by atoms with Gasteiger partial charge in [-0.05, 0) is 12.1 Å². The maximum Gasteiger partial charge on any atom is 0.207 e. The Kier molecular flexibility index (Phi) is 1.70. The first-order valence-corrected chi connectivity index (χ1v) is 3.72. The van der Waals surface area contributed by atoms with Crippen molar-refractivity contribution in [1.29, 1.82) is 0 Å². The first kappa shape index (κ1) is 7.16. The minimum atomic E-state index is -0.0359. The summed E-state index contributed by atoms with van der Waals surface area (Å²) in [7, 11) is 0. The Balaban J connectivity index is 2.32. The number of hydrogen-bond acceptors (Lipinski definition) is 3. The molecule has 0 unspecified atom stereocenters. The summed E-state index contributed by atoms with van der Waals surface area (Å²) in [5, 5.41) is 0. The minimum absolute atomic E-state index is 0.0359. The topological polar surface area (TPSA) is 35.5 Å². The van der Waals surface area contributed by atoms with E-state index < -0.39 is 0 Å². The Labute approximate surface area is 69.9 Å². The summed E-state index contributed by atoms with van der Waals surface area (Å²) < 4.78 is 10.4. The van der Waals surface area contributed by atoms with Crippen LogP contribution < -0.4 is 9.47 Å². The molecule has 62 valence electrons. The highest BCUT2D eigenvalue weighted by molar-refractivity contribution is 5.82. The van der Waals surface area contributed by atoms with Crippen molar-refractivity contribution in [3.05, 3.63) is 24.3 Å². The highest BCUT2D eigenvalue weighted by Crippen LogP contribution is 2.27. The number of fused-ring (bicyclic) bond motifs is 1. The average molecular weight is 164 g/mol. The quantitative estimate of drug-likeness (QED) is 0.574. The molecule has 1 aromatic carbocycles. The summed E-state index contributed by atoms with van der Waals surface area (Å²) in [4.78, 5) is 10.9. The molecule has 1 aliphatic heterocycles. The number of ether oxygens (including phenoxy) is 2. The largest absolute Gasteiger partial charge is 0.482 e.